The van der Waals surface area contributed by atoms with E-state index in [1.807, 2.05) is 19.1 Å². The van der Waals surface area contributed by atoms with Crippen molar-refractivity contribution in [1.29, 1.82) is 0 Å². The van der Waals surface area contributed by atoms with Crippen molar-refractivity contribution in [3.05, 3.63) is 53.6 Å². The van der Waals surface area contributed by atoms with E-state index in [9.17, 15) is 20.4 Å². The molecule has 0 saturated carbocycles. The van der Waals surface area contributed by atoms with Crippen molar-refractivity contribution >= 4 is 0 Å². The van der Waals surface area contributed by atoms with E-state index in [1.165, 1.54) is 18.2 Å². The van der Waals surface area contributed by atoms with E-state index in [0.717, 1.165) is 12.0 Å². The number of hydrogen-bond acceptors (Lipinski definition) is 5. The van der Waals surface area contributed by atoms with Gasteiger partial charge in [0.2, 0.25) is 0 Å². The van der Waals surface area contributed by atoms with Crippen molar-refractivity contribution in [3.8, 4) is 17.2 Å². The Kier molecular flexibility index (Phi) is 5.25. The molecule has 0 spiro atoms. The van der Waals surface area contributed by atoms with Crippen molar-refractivity contribution in [1.82, 2.24) is 5.32 Å². The van der Waals surface area contributed by atoms with Crippen molar-refractivity contribution in [3.63, 3.8) is 0 Å². The largest absolute Gasteiger partial charge is 0.508 e. The third-order valence-electron chi connectivity index (χ3n) is 3.45. The SMILES string of the molecule is C[C@H](Cc1ccc(O)cc1)NC[C@H](O)c1cc(O)cc(O)c1. The fourth-order valence-electron chi connectivity index (χ4n) is 2.30. The van der Waals surface area contributed by atoms with Gasteiger partial charge in [-0.15, -0.1) is 0 Å². The van der Waals surface area contributed by atoms with Gasteiger partial charge in [0.25, 0.3) is 0 Å². The van der Waals surface area contributed by atoms with Crippen LogP contribution in [0.3, 0.4) is 0 Å². The van der Waals surface area contributed by atoms with Crippen LogP contribution < -0.4 is 5.32 Å². The van der Waals surface area contributed by atoms with Gasteiger partial charge in [-0.25, -0.2) is 0 Å². The maximum Gasteiger partial charge on any atom is 0.119 e. The summed E-state index contributed by atoms with van der Waals surface area (Å²) in [6, 6.07) is 11.2. The molecule has 118 valence electrons. The number of rotatable bonds is 6. The van der Waals surface area contributed by atoms with E-state index in [1.54, 1.807) is 12.1 Å². The first-order chi connectivity index (χ1) is 10.4. The van der Waals surface area contributed by atoms with Crippen LogP contribution in [-0.4, -0.2) is 33.0 Å². The molecule has 0 fully saturated rings. The Morgan fingerprint density at radius 3 is 2.09 bits per heavy atom. The maximum absolute atomic E-state index is 10.1. The molecule has 0 aliphatic rings. The van der Waals surface area contributed by atoms with Crippen LogP contribution >= 0.6 is 0 Å². The van der Waals surface area contributed by atoms with E-state index in [4.69, 9.17) is 0 Å². The minimum atomic E-state index is -0.819. The normalized spacial score (nSPS) is 13.7. The Morgan fingerprint density at radius 1 is 0.909 bits per heavy atom. The number of hydrogen-bond donors (Lipinski definition) is 5. The first kappa shape index (κ1) is 16.1. The molecule has 0 unspecified atom stereocenters. The van der Waals surface area contributed by atoms with Crippen LogP contribution in [0.25, 0.3) is 0 Å². The third kappa shape index (κ3) is 4.65. The molecule has 5 N–H and O–H groups in total. The molecule has 0 aliphatic heterocycles. The van der Waals surface area contributed by atoms with Gasteiger partial charge in [-0.2, -0.15) is 0 Å². The maximum atomic E-state index is 10.1. The lowest BCUT2D eigenvalue weighted by Crippen LogP contribution is -2.32. The Hall–Kier alpha value is -2.24. The highest BCUT2D eigenvalue weighted by atomic mass is 16.3. The monoisotopic (exact) mass is 303 g/mol. The second kappa shape index (κ2) is 7.15. The number of phenolic OH excluding ortho intramolecular Hbond substituents is 3. The smallest absolute Gasteiger partial charge is 0.119 e. The van der Waals surface area contributed by atoms with E-state index < -0.39 is 6.10 Å². The van der Waals surface area contributed by atoms with Gasteiger partial charge < -0.3 is 25.7 Å². The lowest BCUT2D eigenvalue weighted by molar-refractivity contribution is 0.170. The summed E-state index contributed by atoms with van der Waals surface area (Å²) in [5.74, 6) is 0.0841. The molecule has 2 aromatic carbocycles. The average molecular weight is 303 g/mol. The number of aliphatic hydroxyl groups excluding tert-OH is 1. The van der Waals surface area contributed by atoms with Crippen LogP contribution in [0.5, 0.6) is 17.2 Å². The van der Waals surface area contributed by atoms with E-state index in [-0.39, 0.29) is 23.3 Å². The molecule has 5 nitrogen and oxygen atoms in total. The first-order valence-electron chi connectivity index (χ1n) is 7.16. The van der Waals surface area contributed by atoms with Gasteiger partial charge in [-0.1, -0.05) is 12.1 Å². The molecule has 2 aromatic rings. The quantitative estimate of drug-likeness (QED) is 0.563. The van der Waals surface area contributed by atoms with Crippen LogP contribution in [0, 0.1) is 0 Å². The highest BCUT2D eigenvalue weighted by Gasteiger charge is 2.12. The highest BCUT2D eigenvalue weighted by Crippen LogP contribution is 2.24. The topological polar surface area (TPSA) is 93.0 Å². The van der Waals surface area contributed by atoms with Gasteiger partial charge in [0, 0.05) is 18.7 Å². The van der Waals surface area contributed by atoms with Gasteiger partial charge in [-0.3, -0.25) is 0 Å². The molecule has 0 saturated heterocycles. The molecule has 0 aromatic heterocycles. The second-order valence-corrected chi connectivity index (χ2v) is 5.48. The van der Waals surface area contributed by atoms with Gasteiger partial charge in [0.15, 0.2) is 0 Å². The van der Waals surface area contributed by atoms with Crippen LogP contribution in [0.15, 0.2) is 42.5 Å². The van der Waals surface area contributed by atoms with Crippen molar-refractivity contribution in [2.45, 2.75) is 25.5 Å². The average Bonchev–Trinajstić information content (AvgIpc) is 2.46. The third-order valence-corrected chi connectivity index (χ3v) is 3.45. The van der Waals surface area contributed by atoms with Crippen molar-refractivity contribution < 1.29 is 20.4 Å². The molecular formula is C17H21NO4. The zero-order valence-electron chi connectivity index (χ0n) is 12.4. The molecule has 22 heavy (non-hydrogen) atoms. The second-order valence-electron chi connectivity index (χ2n) is 5.48. The highest BCUT2D eigenvalue weighted by molar-refractivity contribution is 5.37. The Bertz CT molecular complexity index is 592. The number of phenols is 3. The number of aromatic hydroxyl groups is 3. The van der Waals surface area contributed by atoms with Gasteiger partial charge in [0.05, 0.1) is 6.10 Å². The van der Waals surface area contributed by atoms with Crippen LogP contribution in [0.1, 0.15) is 24.2 Å². The Balaban J connectivity index is 1.87. The van der Waals surface area contributed by atoms with Gasteiger partial charge in [0.1, 0.15) is 17.2 Å². The fourth-order valence-corrected chi connectivity index (χ4v) is 2.30. The lowest BCUT2D eigenvalue weighted by Gasteiger charge is -2.18. The Morgan fingerprint density at radius 2 is 1.50 bits per heavy atom. The van der Waals surface area contributed by atoms with E-state index in [2.05, 4.69) is 5.32 Å². The number of nitrogens with one attached hydrogen (secondary N) is 1. The summed E-state index contributed by atoms with van der Waals surface area (Å²) in [5, 5.41) is 41.4. The molecule has 2 rings (SSSR count). The van der Waals surface area contributed by atoms with E-state index in [0.29, 0.717) is 12.1 Å². The van der Waals surface area contributed by atoms with Gasteiger partial charge >= 0.3 is 0 Å². The molecule has 5 heteroatoms. The first-order valence-corrected chi connectivity index (χ1v) is 7.16. The van der Waals surface area contributed by atoms with E-state index >= 15 is 0 Å². The van der Waals surface area contributed by atoms with Crippen molar-refractivity contribution in [2.24, 2.45) is 0 Å². The minimum Gasteiger partial charge on any atom is -0.508 e. The standard InChI is InChI=1S/C17H21NO4/c1-11(6-12-2-4-14(19)5-3-12)18-10-17(22)13-7-15(20)9-16(21)8-13/h2-5,7-9,11,17-22H,6,10H2,1H3/t11-,17+/m1/s1. The predicted molar refractivity (Wildman–Crippen MR) is 84.0 cm³/mol. The summed E-state index contributed by atoms with van der Waals surface area (Å²) >= 11 is 0. The Labute approximate surface area is 129 Å². The van der Waals surface area contributed by atoms with Crippen LogP contribution in [0.4, 0.5) is 0 Å². The summed E-state index contributed by atoms with van der Waals surface area (Å²) < 4.78 is 0. The molecule has 0 heterocycles. The molecule has 0 aliphatic carbocycles. The van der Waals surface area contributed by atoms with Crippen LogP contribution in [0.2, 0.25) is 0 Å². The number of aliphatic hydroxyl groups is 1. The summed E-state index contributed by atoms with van der Waals surface area (Å²) in [6.07, 6.45) is -0.0570. The zero-order chi connectivity index (χ0) is 16.1. The summed E-state index contributed by atoms with van der Waals surface area (Å²) in [6.45, 7) is 2.31. The molecule has 0 radical (unpaired) electrons. The lowest BCUT2D eigenvalue weighted by atomic mass is 10.1. The summed E-state index contributed by atoms with van der Waals surface area (Å²) in [5.41, 5.74) is 1.55. The summed E-state index contributed by atoms with van der Waals surface area (Å²) in [7, 11) is 0. The molecular weight excluding hydrogens is 282 g/mol. The van der Waals surface area contributed by atoms with Crippen LogP contribution in [-0.2, 0) is 6.42 Å². The molecule has 0 bridgehead atoms. The zero-order valence-corrected chi connectivity index (χ0v) is 12.4. The molecule has 2 atom stereocenters. The van der Waals surface area contributed by atoms with Gasteiger partial charge in [-0.05, 0) is 48.7 Å². The predicted octanol–water partition coefficient (Wildman–Crippen LogP) is 2.06. The van der Waals surface area contributed by atoms with Crippen molar-refractivity contribution in [2.75, 3.05) is 6.54 Å². The minimum absolute atomic E-state index is 0.0776. The number of benzene rings is 2. The fraction of sp³-hybridized carbons (Fsp3) is 0.294. The summed E-state index contributed by atoms with van der Waals surface area (Å²) in [4.78, 5) is 0. The molecule has 0 amide bonds.